The molecular formula is C20H30N4O2. The lowest BCUT2D eigenvalue weighted by Gasteiger charge is -2.38. The van der Waals surface area contributed by atoms with Gasteiger partial charge in [0.25, 0.3) is 5.91 Å². The quantitative estimate of drug-likeness (QED) is 0.761. The van der Waals surface area contributed by atoms with Gasteiger partial charge in [-0.2, -0.15) is 0 Å². The third kappa shape index (κ3) is 3.75. The zero-order chi connectivity index (χ0) is 18.6. The monoisotopic (exact) mass is 358 g/mol. The number of nitrogens with one attached hydrogen (secondary N) is 1. The molecular weight excluding hydrogens is 328 g/mol. The second kappa shape index (κ2) is 8.16. The number of nitrogens with zero attached hydrogens (tertiary/aromatic N) is 3. The summed E-state index contributed by atoms with van der Waals surface area (Å²) in [5.41, 5.74) is 0.570. The van der Waals surface area contributed by atoms with Crippen molar-refractivity contribution in [1.82, 2.24) is 20.1 Å². The predicted molar refractivity (Wildman–Crippen MR) is 101 cm³/mol. The molecule has 1 aromatic rings. The fraction of sp³-hybridized carbons (Fsp3) is 0.650. The molecule has 0 radical (unpaired) electrons. The molecule has 3 rings (SSSR count). The van der Waals surface area contributed by atoms with Gasteiger partial charge in [0, 0.05) is 25.5 Å². The van der Waals surface area contributed by atoms with E-state index in [0.29, 0.717) is 19.0 Å². The zero-order valence-electron chi connectivity index (χ0n) is 15.9. The molecule has 6 heteroatoms. The van der Waals surface area contributed by atoms with Crippen molar-refractivity contribution in [3.05, 3.63) is 30.1 Å². The molecule has 1 aromatic heterocycles. The molecule has 142 valence electrons. The lowest BCUT2D eigenvalue weighted by Crippen LogP contribution is -2.56. The van der Waals surface area contributed by atoms with Gasteiger partial charge in [0.2, 0.25) is 0 Å². The Labute approximate surface area is 156 Å². The van der Waals surface area contributed by atoms with E-state index in [9.17, 15) is 9.59 Å². The second-order valence-electron chi connectivity index (χ2n) is 7.81. The first-order valence-corrected chi connectivity index (χ1v) is 9.78. The van der Waals surface area contributed by atoms with Crippen LogP contribution in [0.5, 0.6) is 0 Å². The summed E-state index contributed by atoms with van der Waals surface area (Å²) in [4.78, 5) is 33.7. The summed E-state index contributed by atoms with van der Waals surface area (Å²) in [6.07, 6.45) is 7.55. The molecule has 6 nitrogen and oxygen atoms in total. The molecule has 0 saturated carbocycles. The van der Waals surface area contributed by atoms with Crippen LogP contribution in [0.25, 0.3) is 0 Å². The van der Waals surface area contributed by atoms with Crippen LogP contribution in [-0.2, 0) is 11.2 Å². The third-order valence-electron chi connectivity index (χ3n) is 5.58. The molecule has 3 amide bonds. The largest absolute Gasteiger partial charge is 0.327 e. The highest BCUT2D eigenvalue weighted by Gasteiger charge is 2.56. The van der Waals surface area contributed by atoms with E-state index in [0.717, 1.165) is 45.2 Å². The fourth-order valence-electron chi connectivity index (χ4n) is 3.99. The Kier molecular flexibility index (Phi) is 5.91. The van der Waals surface area contributed by atoms with Crippen LogP contribution < -0.4 is 5.32 Å². The van der Waals surface area contributed by atoms with E-state index in [-0.39, 0.29) is 11.9 Å². The molecule has 0 atom stereocenters. The number of hydrogen-bond donors (Lipinski definition) is 1. The average Bonchev–Trinajstić information content (AvgIpc) is 2.83. The van der Waals surface area contributed by atoms with Gasteiger partial charge in [-0.25, -0.2) is 4.79 Å². The minimum absolute atomic E-state index is 0.0162. The summed E-state index contributed by atoms with van der Waals surface area (Å²) in [6, 6.07) is 3.88. The molecule has 2 aliphatic rings. The predicted octanol–water partition coefficient (Wildman–Crippen LogP) is 2.45. The molecule has 2 saturated heterocycles. The molecule has 0 unspecified atom stereocenters. The molecule has 0 aliphatic carbocycles. The molecule has 0 aromatic carbocycles. The van der Waals surface area contributed by atoms with E-state index in [1.54, 1.807) is 12.4 Å². The summed E-state index contributed by atoms with van der Waals surface area (Å²) in [5, 5.41) is 3.32. The highest BCUT2D eigenvalue weighted by Crippen LogP contribution is 2.36. The molecule has 0 bridgehead atoms. The lowest BCUT2D eigenvalue weighted by molar-refractivity contribution is -0.134. The maximum atomic E-state index is 13.2. The van der Waals surface area contributed by atoms with Crippen molar-refractivity contribution < 1.29 is 9.59 Å². The first kappa shape index (κ1) is 18.8. The van der Waals surface area contributed by atoms with Crippen LogP contribution in [0.3, 0.4) is 0 Å². The minimum atomic E-state index is -0.617. The topological polar surface area (TPSA) is 65.5 Å². The van der Waals surface area contributed by atoms with Gasteiger partial charge in [0.1, 0.15) is 5.54 Å². The maximum Gasteiger partial charge on any atom is 0.327 e. The van der Waals surface area contributed by atoms with Gasteiger partial charge in [-0.15, -0.1) is 0 Å². The van der Waals surface area contributed by atoms with Crippen molar-refractivity contribution in [3.8, 4) is 0 Å². The van der Waals surface area contributed by atoms with Crippen molar-refractivity contribution in [1.29, 1.82) is 0 Å². The van der Waals surface area contributed by atoms with Crippen molar-refractivity contribution in [3.63, 3.8) is 0 Å². The molecule has 1 spiro atoms. The standard InChI is InChI=1S/C20H30N4O2/c1-16(2)7-15-24-19(26)23(14-3-4-17-5-10-21-11-6-17)18(25)20(24)8-12-22-13-9-20/h5-6,10-11,16,22H,3-4,7-9,12-15H2,1-2H3. The molecule has 2 fully saturated rings. The molecule has 2 aliphatic heterocycles. The SMILES string of the molecule is CC(C)CCN1C(=O)N(CCCc2ccncc2)C(=O)C12CCNCC2. The number of aryl methyl sites for hydroxylation is 1. The number of carbonyl (C=O) groups is 2. The van der Waals surface area contributed by atoms with Crippen LogP contribution >= 0.6 is 0 Å². The number of rotatable bonds is 7. The molecule has 26 heavy (non-hydrogen) atoms. The number of amides is 3. The number of pyridine rings is 1. The van der Waals surface area contributed by atoms with Crippen LogP contribution in [0.1, 0.15) is 45.1 Å². The van der Waals surface area contributed by atoms with E-state index in [2.05, 4.69) is 24.1 Å². The van der Waals surface area contributed by atoms with Crippen LogP contribution in [0.4, 0.5) is 4.79 Å². The van der Waals surface area contributed by atoms with Crippen LogP contribution in [0, 0.1) is 5.92 Å². The van der Waals surface area contributed by atoms with Crippen LogP contribution in [-0.4, -0.2) is 58.4 Å². The minimum Gasteiger partial charge on any atom is -0.317 e. The smallest absolute Gasteiger partial charge is 0.317 e. The van der Waals surface area contributed by atoms with E-state index >= 15 is 0 Å². The number of hydrogen-bond acceptors (Lipinski definition) is 4. The second-order valence-corrected chi connectivity index (χ2v) is 7.81. The van der Waals surface area contributed by atoms with Gasteiger partial charge in [-0.1, -0.05) is 13.8 Å². The van der Waals surface area contributed by atoms with Gasteiger partial charge >= 0.3 is 6.03 Å². The highest BCUT2D eigenvalue weighted by atomic mass is 16.2. The summed E-state index contributed by atoms with van der Waals surface area (Å²) in [5.74, 6) is 0.528. The Morgan fingerprint density at radius 1 is 1.15 bits per heavy atom. The molecule has 1 N–H and O–H groups in total. The Hall–Kier alpha value is -1.95. The number of piperidine rings is 1. The first-order valence-electron chi connectivity index (χ1n) is 9.78. The fourth-order valence-corrected chi connectivity index (χ4v) is 3.99. The average molecular weight is 358 g/mol. The van der Waals surface area contributed by atoms with Gasteiger partial charge in [-0.05, 0) is 68.8 Å². The number of aromatic nitrogens is 1. The van der Waals surface area contributed by atoms with Crippen molar-refractivity contribution in [2.75, 3.05) is 26.2 Å². The van der Waals surface area contributed by atoms with Crippen molar-refractivity contribution in [2.45, 2.75) is 51.5 Å². The number of carbonyl (C=O) groups excluding carboxylic acids is 2. The Balaban J connectivity index is 1.69. The van der Waals surface area contributed by atoms with Crippen LogP contribution in [0.2, 0.25) is 0 Å². The summed E-state index contributed by atoms with van der Waals surface area (Å²) >= 11 is 0. The Morgan fingerprint density at radius 3 is 2.50 bits per heavy atom. The Bertz CT molecular complexity index is 626. The van der Waals surface area contributed by atoms with Gasteiger partial charge in [0.05, 0.1) is 0 Å². The van der Waals surface area contributed by atoms with Gasteiger partial charge in [-0.3, -0.25) is 14.7 Å². The first-order chi connectivity index (χ1) is 12.5. The molecule has 3 heterocycles. The van der Waals surface area contributed by atoms with Gasteiger partial charge < -0.3 is 10.2 Å². The zero-order valence-corrected chi connectivity index (χ0v) is 15.9. The third-order valence-corrected chi connectivity index (χ3v) is 5.58. The lowest BCUT2D eigenvalue weighted by atomic mass is 9.86. The Morgan fingerprint density at radius 2 is 1.85 bits per heavy atom. The van der Waals surface area contributed by atoms with Crippen LogP contribution in [0.15, 0.2) is 24.5 Å². The normalized spacial score (nSPS) is 19.8. The van der Waals surface area contributed by atoms with E-state index in [1.807, 2.05) is 17.0 Å². The van der Waals surface area contributed by atoms with Gasteiger partial charge in [0.15, 0.2) is 0 Å². The van der Waals surface area contributed by atoms with Crippen molar-refractivity contribution >= 4 is 11.9 Å². The van der Waals surface area contributed by atoms with E-state index < -0.39 is 5.54 Å². The van der Waals surface area contributed by atoms with E-state index in [4.69, 9.17) is 0 Å². The summed E-state index contributed by atoms with van der Waals surface area (Å²) in [7, 11) is 0. The highest BCUT2D eigenvalue weighted by molar-refractivity contribution is 6.07. The van der Waals surface area contributed by atoms with E-state index in [1.165, 1.54) is 10.5 Å². The maximum absolute atomic E-state index is 13.2. The number of urea groups is 1. The summed E-state index contributed by atoms with van der Waals surface area (Å²) < 4.78 is 0. The van der Waals surface area contributed by atoms with Crippen molar-refractivity contribution in [2.24, 2.45) is 5.92 Å². The number of imide groups is 1. The summed E-state index contributed by atoms with van der Waals surface area (Å²) in [6.45, 7) is 7.06.